The van der Waals surface area contributed by atoms with Crippen LogP contribution in [0.5, 0.6) is 0 Å². The number of ether oxygens (including phenoxy) is 1. The molecule has 2 heterocycles. The van der Waals surface area contributed by atoms with E-state index in [1.54, 1.807) is 24.9 Å². The molecule has 1 amide bonds. The second-order valence-electron chi connectivity index (χ2n) is 3.80. The lowest BCUT2D eigenvalue weighted by molar-refractivity contribution is -0.124. The van der Waals surface area contributed by atoms with Crippen LogP contribution in [0.2, 0.25) is 0 Å². The van der Waals surface area contributed by atoms with Crippen molar-refractivity contribution >= 4 is 5.91 Å². The molecule has 94 valence electrons. The molecule has 0 saturated carbocycles. The summed E-state index contributed by atoms with van der Waals surface area (Å²) in [4.78, 5) is 15.4. The van der Waals surface area contributed by atoms with Gasteiger partial charge >= 0.3 is 0 Å². The number of rotatable bonds is 5. The highest BCUT2D eigenvalue weighted by Crippen LogP contribution is 2.19. The second kappa shape index (κ2) is 5.97. The quantitative estimate of drug-likeness (QED) is 0.870. The van der Waals surface area contributed by atoms with Crippen molar-refractivity contribution in [2.24, 2.45) is 0 Å². The fourth-order valence-corrected chi connectivity index (χ4v) is 1.55. The Morgan fingerprint density at radius 1 is 1.44 bits per heavy atom. The number of aromatic nitrogens is 1. The van der Waals surface area contributed by atoms with Gasteiger partial charge in [0.15, 0.2) is 0 Å². The average molecular weight is 246 g/mol. The van der Waals surface area contributed by atoms with Crippen LogP contribution in [-0.4, -0.2) is 24.6 Å². The van der Waals surface area contributed by atoms with Crippen molar-refractivity contribution in [1.29, 1.82) is 0 Å². The molecular weight excluding hydrogens is 232 g/mol. The van der Waals surface area contributed by atoms with Crippen molar-refractivity contribution < 1.29 is 13.9 Å². The third kappa shape index (κ3) is 3.18. The predicted molar refractivity (Wildman–Crippen MR) is 65.7 cm³/mol. The molecule has 2 aromatic heterocycles. The zero-order valence-electron chi connectivity index (χ0n) is 10.1. The van der Waals surface area contributed by atoms with Crippen LogP contribution in [0.15, 0.2) is 41.5 Å². The largest absolute Gasteiger partial charge is 0.472 e. The Labute approximate surface area is 105 Å². The maximum atomic E-state index is 11.3. The highest BCUT2D eigenvalue weighted by molar-refractivity contribution is 5.77. The summed E-state index contributed by atoms with van der Waals surface area (Å²) >= 11 is 0. The van der Waals surface area contributed by atoms with E-state index in [4.69, 9.17) is 9.15 Å². The van der Waals surface area contributed by atoms with Crippen LogP contribution in [0.3, 0.4) is 0 Å². The average Bonchev–Trinajstić information content (AvgIpc) is 2.91. The molecule has 18 heavy (non-hydrogen) atoms. The summed E-state index contributed by atoms with van der Waals surface area (Å²) in [5.74, 6) is -0.147. The minimum Gasteiger partial charge on any atom is -0.472 e. The number of pyridine rings is 1. The first-order valence-electron chi connectivity index (χ1n) is 5.51. The number of furan rings is 1. The molecule has 0 aromatic carbocycles. The summed E-state index contributed by atoms with van der Waals surface area (Å²) < 4.78 is 9.76. The van der Waals surface area contributed by atoms with Gasteiger partial charge in [0, 0.05) is 37.2 Å². The number of hydrogen-bond donors (Lipinski definition) is 1. The Kier molecular flexibility index (Phi) is 4.09. The van der Waals surface area contributed by atoms with Gasteiger partial charge < -0.3 is 14.5 Å². The molecule has 0 aliphatic carbocycles. The van der Waals surface area contributed by atoms with E-state index >= 15 is 0 Å². The van der Waals surface area contributed by atoms with Gasteiger partial charge in [0.1, 0.15) is 6.61 Å². The van der Waals surface area contributed by atoms with Crippen molar-refractivity contribution in [3.63, 3.8) is 0 Å². The normalized spacial score (nSPS) is 10.3. The van der Waals surface area contributed by atoms with Gasteiger partial charge in [-0.05, 0) is 17.7 Å². The number of nitrogens with zero attached hydrogens (tertiary/aromatic N) is 1. The molecule has 0 aliphatic rings. The highest BCUT2D eigenvalue weighted by Gasteiger charge is 2.03. The molecule has 0 fully saturated rings. The lowest BCUT2D eigenvalue weighted by Crippen LogP contribution is -2.26. The van der Waals surface area contributed by atoms with E-state index in [1.165, 1.54) is 7.11 Å². The Bertz CT molecular complexity index is 509. The zero-order chi connectivity index (χ0) is 12.8. The molecule has 0 bridgehead atoms. The lowest BCUT2D eigenvalue weighted by Gasteiger charge is -2.05. The van der Waals surface area contributed by atoms with Crippen LogP contribution >= 0.6 is 0 Å². The third-order valence-corrected chi connectivity index (χ3v) is 2.41. The molecular formula is C13H14N2O3. The van der Waals surface area contributed by atoms with E-state index in [-0.39, 0.29) is 12.5 Å². The summed E-state index contributed by atoms with van der Waals surface area (Å²) in [6.45, 7) is 0.496. The van der Waals surface area contributed by atoms with Crippen LogP contribution in [0.25, 0.3) is 11.1 Å². The maximum absolute atomic E-state index is 11.3. The molecule has 5 nitrogen and oxygen atoms in total. The molecule has 5 heteroatoms. The summed E-state index contributed by atoms with van der Waals surface area (Å²) in [6, 6.07) is 3.83. The fourth-order valence-electron chi connectivity index (χ4n) is 1.55. The summed E-state index contributed by atoms with van der Waals surface area (Å²) in [7, 11) is 1.49. The lowest BCUT2D eigenvalue weighted by atomic mass is 10.1. The predicted octanol–water partition coefficient (Wildman–Crippen LogP) is 1.60. The molecule has 2 aromatic rings. The van der Waals surface area contributed by atoms with E-state index in [2.05, 4.69) is 10.3 Å². The fraction of sp³-hybridized carbons (Fsp3) is 0.231. The first-order chi connectivity index (χ1) is 8.79. The zero-order valence-corrected chi connectivity index (χ0v) is 10.1. The standard InChI is InChI=1S/C13H14N2O3/c1-17-9-13(16)15-6-10-4-12(7-14-5-10)11-2-3-18-8-11/h2-5,7-8H,6,9H2,1H3,(H,15,16). The Hall–Kier alpha value is -2.14. The number of carbonyl (C=O) groups excluding carboxylic acids is 1. The van der Waals surface area contributed by atoms with Crippen LogP contribution in [0.4, 0.5) is 0 Å². The molecule has 0 aliphatic heterocycles. The number of amides is 1. The SMILES string of the molecule is COCC(=O)NCc1cncc(-c2ccoc2)c1. The van der Waals surface area contributed by atoms with E-state index < -0.39 is 0 Å². The van der Waals surface area contributed by atoms with Crippen LogP contribution in [0, 0.1) is 0 Å². The van der Waals surface area contributed by atoms with Crippen LogP contribution < -0.4 is 5.32 Å². The van der Waals surface area contributed by atoms with E-state index in [1.807, 2.05) is 12.1 Å². The van der Waals surface area contributed by atoms with Crippen LogP contribution in [0.1, 0.15) is 5.56 Å². The topological polar surface area (TPSA) is 64.4 Å². The van der Waals surface area contributed by atoms with Gasteiger partial charge in [-0.3, -0.25) is 9.78 Å². The minimum absolute atomic E-state index is 0.0643. The first kappa shape index (κ1) is 12.3. The monoisotopic (exact) mass is 246 g/mol. The smallest absolute Gasteiger partial charge is 0.246 e. The van der Waals surface area contributed by atoms with E-state index in [0.29, 0.717) is 6.54 Å². The molecule has 0 radical (unpaired) electrons. The summed E-state index contributed by atoms with van der Waals surface area (Å²) in [5, 5.41) is 2.75. The van der Waals surface area contributed by atoms with Gasteiger partial charge in [0.25, 0.3) is 0 Å². The van der Waals surface area contributed by atoms with Gasteiger partial charge in [-0.25, -0.2) is 0 Å². The number of methoxy groups -OCH3 is 1. The number of hydrogen-bond acceptors (Lipinski definition) is 4. The van der Waals surface area contributed by atoms with Gasteiger partial charge in [0.2, 0.25) is 5.91 Å². The molecule has 0 atom stereocenters. The Balaban J connectivity index is 2.02. The first-order valence-corrected chi connectivity index (χ1v) is 5.51. The number of nitrogens with one attached hydrogen (secondary N) is 1. The van der Waals surface area contributed by atoms with E-state index in [9.17, 15) is 4.79 Å². The summed E-state index contributed by atoms with van der Waals surface area (Å²) in [6.07, 6.45) is 6.74. The van der Waals surface area contributed by atoms with Crippen molar-refractivity contribution in [1.82, 2.24) is 10.3 Å². The second-order valence-corrected chi connectivity index (χ2v) is 3.80. The van der Waals surface area contributed by atoms with Crippen molar-refractivity contribution in [2.45, 2.75) is 6.54 Å². The highest BCUT2D eigenvalue weighted by atomic mass is 16.5. The minimum atomic E-state index is -0.147. The molecule has 2 rings (SSSR count). The molecule has 0 spiro atoms. The van der Waals surface area contributed by atoms with Gasteiger partial charge in [-0.2, -0.15) is 0 Å². The summed E-state index contributed by atoms with van der Waals surface area (Å²) in [5.41, 5.74) is 2.85. The van der Waals surface area contributed by atoms with Crippen molar-refractivity contribution in [3.05, 3.63) is 42.6 Å². The van der Waals surface area contributed by atoms with Gasteiger partial charge in [-0.1, -0.05) is 0 Å². The van der Waals surface area contributed by atoms with Crippen molar-refractivity contribution in [3.8, 4) is 11.1 Å². The van der Waals surface area contributed by atoms with Crippen molar-refractivity contribution in [2.75, 3.05) is 13.7 Å². The molecule has 0 unspecified atom stereocenters. The molecule has 1 N–H and O–H groups in total. The van der Waals surface area contributed by atoms with Gasteiger partial charge in [-0.15, -0.1) is 0 Å². The third-order valence-electron chi connectivity index (χ3n) is 2.41. The van der Waals surface area contributed by atoms with Gasteiger partial charge in [0.05, 0.1) is 12.5 Å². The van der Waals surface area contributed by atoms with E-state index in [0.717, 1.165) is 16.7 Å². The Morgan fingerprint density at radius 3 is 3.06 bits per heavy atom. The molecule has 0 saturated heterocycles. The maximum Gasteiger partial charge on any atom is 0.246 e. The number of carbonyl (C=O) groups is 1. The Morgan fingerprint density at radius 2 is 2.33 bits per heavy atom. The van der Waals surface area contributed by atoms with Crippen LogP contribution in [-0.2, 0) is 16.1 Å².